The lowest BCUT2D eigenvalue weighted by molar-refractivity contribution is 0.409. The van der Waals surface area contributed by atoms with Gasteiger partial charge in [0.1, 0.15) is 0 Å². The van der Waals surface area contributed by atoms with Gasteiger partial charge in [0.25, 0.3) is 0 Å². The third kappa shape index (κ3) is 4.66. The molecule has 0 aromatic rings. The molecule has 0 amide bonds. The molecule has 2 nitrogen and oxygen atoms in total. The Bertz CT molecular complexity index is 227. The van der Waals surface area contributed by atoms with E-state index < -0.39 is 0 Å². The van der Waals surface area contributed by atoms with Crippen molar-refractivity contribution in [3.05, 3.63) is 0 Å². The minimum absolute atomic E-state index is 0.148. The minimum Gasteiger partial charge on any atom is -0.314 e. The predicted molar refractivity (Wildman–Crippen MR) is 63.4 cm³/mol. The second kappa shape index (κ2) is 5.51. The normalized spacial score (nSPS) is 26.5. The van der Waals surface area contributed by atoms with Gasteiger partial charge in [-0.3, -0.25) is 0 Å². The fraction of sp³-hybridized carbons (Fsp3) is 0.923. The number of hydrogen-bond donors (Lipinski definition) is 1. The fourth-order valence-electron chi connectivity index (χ4n) is 2.28. The third-order valence-electron chi connectivity index (χ3n) is 3.41. The molecule has 2 unspecified atom stereocenters. The van der Waals surface area contributed by atoms with Gasteiger partial charge in [-0.05, 0) is 58.4 Å². The van der Waals surface area contributed by atoms with Crippen molar-refractivity contribution in [3.63, 3.8) is 0 Å². The highest BCUT2D eigenvalue weighted by Gasteiger charge is 2.21. The first kappa shape index (κ1) is 12.5. The molecule has 15 heavy (non-hydrogen) atoms. The molecule has 0 aliphatic heterocycles. The molecule has 1 saturated carbocycles. The molecule has 0 aromatic carbocycles. The van der Waals surface area contributed by atoms with Crippen LogP contribution >= 0.6 is 0 Å². The van der Waals surface area contributed by atoms with Gasteiger partial charge in [0.2, 0.25) is 0 Å². The summed E-state index contributed by atoms with van der Waals surface area (Å²) in [5.74, 6) is 0.901. The minimum atomic E-state index is -0.148. The zero-order valence-electron chi connectivity index (χ0n) is 10.3. The van der Waals surface area contributed by atoms with Crippen LogP contribution in [-0.2, 0) is 0 Å². The van der Waals surface area contributed by atoms with Crippen LogP contribution in [0.2, 0.25) is 0 Å². The Labute approximate surface area is 94.1 Å². The molecule has 1 fully saturated rings. The molecule has 1 N–H and O–H groups in total. The molecule has 0 radical (unpaired) electrons. The van der Waals surface area contributed by atoms with Crippen molar-refractivity contribution >= 4 is 0 Å². The fourth-order valence-corrected chi connectivity index (χ4v) is 2.28. The molecule has 86 valence electrons. The first-order valence-corrected chi connectivity index (χ1v) is 6.18. The highest BCUT2D eigenvalue weighted by molar-refractivity contribution is 4.91. The van der Waals surface area contributed by atoms with Gasteiger partial charge in [-0.25, -0.2) is 0 Å². The van der Waals surface area contributed by atoms with Gasteiger partial charge in [-0.2, -0.15) is 5.26 Å². The van der Waals surface area contributed by atoms with Crippen molar-refractivity contribution in [1.82, 2.24) is 5.32 Å². The first-order chi connectivity index (χ1) is 7.03. The van der Waals surface area contributed by atoms with Crippen LogP contribution in [0, 0.1) is 22.7 Å². The molecule has 0 aromatic heterocycles. The molecule has 0 saturated heterocycles. The third-order valence-corrected chi connectivity index (χ3v) is 3.41. The van der Waals surface area contributed by atoms with Crippen LogP contribution in [0.15, 0.2) is 0 Å². The number of nitriles is 1. The van der Waals surface area contributed by atoms with E-state index in [4.69, 9.17) is 5.26 Å². The Kier molecular flexibility index (Phi) is 4.60. The van der Waals surface area contributed by atoms with Gasteiger partial charge in [-0.1, -0.05) is 6.92 Å². The Morgan fingerprint density at radius 1 is 1.40 bits per heavy atom. The van der Waals surface area contributed by atoms with E-state index in [1.807, 2.05) is 13.8 Å². The van der Waals surface area contributed by atoms with E-state index in [9.17, 15) is 0 Å². The summed E-state index contributed by atoms with van der Waals surface area (Å²) in [5, 5.41) is 12.5. The van der Waals surface area contributed by atoms with Crippen LogP contribution in [0.1, 0.15) is 52.9 Å². The Morgan fingerprint density at radius 2 is 2.13 bits per heavy atom. The lowest BCUT2D eigenvalue weighted by Crippen LogP contribution is -2.28. The smallest absolute Gasteiger partial charge is 0.0683 e. The van der Waals surface area contributed by atoms with Crippen LogP contribution < -0.4 is 5.32 Å². The van der Waals surface area contributed by atoms with E-state index >= 15 is 0 Å². The number of nitrogens with zero attached hydrogens (tertiary/aromatic N) is 1. The van der Waals surface area contributed by atoms with Crippen molar-refractivity contribution in [2.45, 2.75) is 58.9 Å². The van der Waals surface area contributed by atoms with Gasteiger partial charge in [0, 0.05) is 6.04 Å². The van der Waals surface area contributed by atoms with Crippen molar-refractivity contribution in [3.8, 4) is 6.07 Å². The topological polar surface area (TPSA) is 35.8 Å². The summed E-state index contributed by atoms with van der Waals surface area (Å²) in [6.45, 7) is 7.44. The van der Waals surface area contributed by atoms with E-state index in [0.717, 1.165) is 31.3 Å². The Morgan fingerprint density at radius 3 is 2.67 bits per heavy atom. The second-order valence-corrected chi connectivity index (χ2v) is 5.67. The van der Waals surface area contributed by atoms with Crippen LogP contribution in [0.25, 0.3) is 0 Å². The average Bonchev–Trinajstić information content (AvgIpc) is 2.59. The van der Waals surface area contributed by atoms with E-state index in [1.54, 1.807) is 0 Å². The van der Waals surface area contributed by atoms with Crippen LogP contribution in [0.4, 0.5) is 0 Å². The maximum atomic E-state index is 8.87. The number of rotatable bonds is 5. The maximum absolute atomic E-state index is 8.87. The van der Waals surface area contributed by atoms with Crippen LogP contribution in [0.5, 0.6) is 0 Å². The maximum Gasteiger partial charge on any atom is 0.0683 e. The van der Waals surface area contributed by atoms with E-state index in [0.29, 0.717) is 0 Å². The van der Waals surface area contributed by atoms with E-state index in [1.165, 1.54) is 19.3 Å². The van der Waals surface area contributed by atoms with Gasteiger partial charge in [0.05, 0.1) is 11.5 Å². The monoisotopic (exact) mass is 208 g/mol. The zero-order valence-corrected chi connectivity index (χ0v) is 10.3. The van der Waals surface area contributed by atoms with E-state index in [2.05, 4.69) is 18.3 Å². The molecule has 1 aliphatic carbocycles. The highest BCUT2D eigenvalue weighted by atomic mass is 14.9. The summed E-state index contributed by atoms with van der Waals surface area (Å²) >= 11 is 0. The van der Waals surface area contributed by atoms with Crippen molar-refractivity contribution < 1.29 is 0 Å². The van der Waals surface area contributed by atoms with E-state index in [-0.39, 0.29) is 5.41 Å². The quantitative estimate of drug-likeness (QED) is 0.705. The zero-order chi connectivity index (χ0) is 11.3. The number of nitrogens with one attached hydrogen (secondary N) is 1. The molecule has 2 atom stereocenters. The average molecular weight is 208 g/mol. The molecule has 1 aliphatic rings. The summed E-state index contributed by atoms with van der Waals surface area (Å²) in [6, 6.07) is 3.09. The molecule has 1 rings (SSSR count). The van der Waals surface area contributed by atoms with Crippen LogP contribution in [-0.4, -0.2) is 12.6 Å². The largest absolute Gasteiger partial charge is 0.314 e. The highest BCUT2D eigenvalue weighted by Crippen LogP contribution is 2.25. The molecule has 0 spiro atoms. The molecule has 0 bridgehead atoms. The summed E-state index contributed by atoms with van der Waals surface area (Å²) in [6.07, 6.45) is 6.16. The molecule has 0 heterocycles. The molecular weight excluding hydrogens is 184 g/mol. The van der Waals surface area contributed by atoms with Gasteiger partial charge in [0.15, 0.2) is 0 Å². The predicted octanol–water partition coefficient (Wildman–Crippen LogP) is 3.09. The Hall–Kier alpha value is -0.550. The number of hydrogen-bond acceptors (Lipinski definition) is 2. The summed E-state index contributed by atoms with van der Waals surface area (Å²) in [7, 11) is 0. The standard InChI is InChI=1S/C13H24N2/c1-11-5-6-12(9-11)15-8-4-7-13(2,3)10-14/h11-12,15H,4-9H2,1-3H3. The second-order valence-electron chi connectivity index (χ2n) is 5.67. The van der Waals surface area contributed by atoms with Gasteiger partial charge in [-0.15, -0.1) is 0 Å². The molecular formula is C13H24N2. The van der Waals surface area contributed by atoms with Crippen molar-refractivity contribution in [1.29, 1.82) is 5.26 Å². The lowest BCUT2D eigenvalue weighted by atomic mass is 9.90. The lowest BCUT2D eigenvalue weighted by Gasteiger charge is -2.16. The molecule has 2 heteroatoms. The summed E-state index contributed by atoms with van der Waals surface area (Å²) in [5.41, 5.74) is -0.148. The van der Waals surface area contributed by atoms with Crippen molar-refractivity contribution in [2.75, 3.05) is 6.54 Å². The summed E-state index contributed by atoms with van der Waals surface area (Å²) in [4.78, 5) is 0. The Balaban J connectivity index is 2.05. The van der Waals surface area contributed by atoms with Crippen LogP contribution in [0.3, 0.4) is 0 Å². The summed E-state index contributed by atoms with van der Waals surface area (Å²) < 4.78 is 0. The van der Waals surface area contributed by atoms with Gasteiger partial charge < -0.3 is 5.32 Å². The SMILES string of the molecule is CC1CCC(NCCCC(C)(C)C#N)C1. The first-order valence-electron chi connectivity index (χ1n) is 6.18. The van der Waals surface area contributed by atoms with Gasteiger partial charge >= 0.3 is 0 Å². The van der Waals surface area contributed by atoms with Crippen molar-refractivity contribution in [2.24, 2.45) is 11.3 Å².